The second-order valence-electron chi connectivity index (χ2n) is 5.17. The molecule has 0 radical (unpaired) electrons. The van der Waals surface area contributed by atoms with Crippen molar-refractivity contribution in [2.45, 2.75) is 25.2 Å². The van der Waals surface area contributed by atoms with Crippen LogP contribution in [-0.4, -0.2) is 11.1 Å². The molecule has 0 saturated carbocycles. The van der Waals surface area contributed by atoms with Crippen molar-refractivity contribution in [2.24, 2.45) is 0 Å². The molecule has 0 unspecified atom stereocenters. The van der Waals surface area contributed by atoms with E-state index >= 15 is 0 Å². The summed E-state index contributed by atoms with van der Waals surface area (Å²) in [6.07, 6.45) is 1.59. The minimum absolute atomic E-state index is 0.224. The van der Waals surface area contributed by atoms with Crippen LogP contribution in [0.4, 0.5) is 0 Å². The van der Waals surface area contributed by atoms with Crippen molar-refractivity contribution in [3.8, 4) is 0 Å². The molecule has 0 saturated heterocycles. The second-order valence-corrected chi connectivity index (χ2v) is 5.17. The molecule has 0 aliphatic heterocycles. The van der Waals surface area contributed by atoms with Crippen LogP contribution in [0.3, 0.4) is 0 Å². The summed E-state index contributed by atoms with van der Waals surface area (Å²) in [6.45, 7) is 5.96. The highest BCUT2D eigenvalue weighted by Crippen LogP contribution is 2.42. The monoisotopic (exact) mass is 280 g/mol. The zero-order chi connectivity index (χ0) is 15.3. The first kappa shape index (κ1) is 15.0. The van der Waals surface area contributed by atoms with E-state index in [4.69, 9.17) is 0 Å². The maximum absolute atomic E-state index is 11.7. The summed E-state index contributed by atoms with van der Waals surface area (Å²) in [5.74, 6) is -0.948. The molecular weight excluding hydrogens is 260 g/mol. The summed E-state index contributed by atoms with van der Waals surface area (Å²) in [4.78, 5) is 11.7. The Kier molecular flexibility index (Phi) is 4.59. The Morgan fingerprint density at radius 1 is 1.00 bits per heavy atom. The number of carbonyl (C=O) groups is 1. The van der Waals surface area contributed by atoms with Crippen LogP contribution in [-0.2, 0) is 10.2 Å². The van der Waals surface area contributed by atoms with Gasteiger partial charge in [-0.25, -0.2) is 4.79 Å². The first-order chi connectivity index (χ1) is 10.1. The minimum Gasteiger partial charge on any atom is -0.478 e. The molecule has 0 spiro atoms. The van der Waals surface area contributed by atoms with Gasteiger partial charge in [0.2, 0.25) is 0 Å². The molecule has 0 aliphatic rings. The van der Waals surface area contributed by atoms with Crippen molar-refractivity contribution < 1.29 is 9.90 Å². The molecule has 0 atom stereocenters. The number of hydrogen-bond acceptors (Lipinski definition) is 1. The van der Waals surface area contributed by atoms with E-state index in [-0.39, 0.29) is 5.57 Å². The summed E-state index contributed by atoms with van der Waals surface area (Å²) < 4.78 is 0. The van der Waals surface area contributed by atoms with Gasteiger partial charge in [-0.05, 0) is 17.5 Å². The zero-order valence-corrected chi connectivity index (χ0v) is 12.3. The van der Waals surface area contributed by atoms with Crippen molar-refractivity contribution in [1.82, 2.24) is 0 Å². The lowest BCUT2D eigenvalue weighted by atomic mass is 9.67. The Labute approximate surface area is 125 Å². The van der Waals surface area contributed by atoms with Gasteiger partial charge in [-0.3, -0.25) is 0 Å². The highest BCUT2D eigenvalue weighted by atomic mass is 16.4. The average molecular weight is 280 g/mol. The average Bonchev–Trinajstić information content (AvgIpc) is 2.53. The first-order valence-corrected chi connectivity index (χ1v) is 7.16. The molecule has 2 aromatic carbocycles. The van der Waals surface area contributed by atoms with Crippen molar-refractivity contribution >= 4 is 5.97 Å². The lowest BCUT2D eigenvalue weighted by Crippen LogP contribution is -2.33. The van der Waals surface area contributed by atoms with Gasteiger partial charge in [0.1, 0.15) is 0 Å². The maximum atomic E-state index is 11.7. The Balaban J connectivity index is 2.72. The van der Waals surface area contributed by atoms with E-state index in [0.717, 1.165) is 17.5 Å². The number of benzene rings is 2. The van der Waals surface area contributed by atoms with Gasteiger partial charge in [-0.2, -0.15) is 0 Å². The summed E-state index contributed by atoms with van der Waals surface area (Å²) in [5, 5.41) is 9.57. The lowest BCUT2D eigenvalue weighted by molar-refractivity contribution is -0.133. The van der Waals surface area contributed by atoms with Crippen molar-refractivity contribution in [3.05, 3.63) is 83.9 Å². The Morgan fingerprint density at radius 3 is 1.76 bits per heavy atom. The van der Waals surface area contributed by atoms with Crippen molar-refractivity contribution in [1.29, 1.82) is 0 Å². The van der Waals surface area contributed by atoms with E-state index in [0.29, 0.717) is 6.42 Å². The molecule has 1 N–H and O–H groups in total. The molecule has 2 heteroatoms. The van der Waals surface area contributed by atoms with E-state index in [9.17, 15) is 9.90 Å². The third kappa shape index (κ3) is 2.75. The minimum atomic E-state index is -0.948. The van der Waals surface area contributed by atoms with Gasteiger partial charge < -0.3 is 5.11 Å². The van der Waals surface area contributed by atoms with Crippen LogP contribution in [0.1, 0.15) is 30.9 Å². The second kappa shape index (κ2) is 6.40. The topological polar surface area (TPSA) is 37.3 Å². The fourth-order valence-electron chi connectivity index (χ4n) is 2.96. The van der Waals surface area contributed by atoms with Gasteiger partial charge in [-0.15, -0.1) is 0 Å². The summed E-state index contributed by atoms with van der Waals surface area (Å²) in [6, 6.07) is 19.6. The number of hydrogen-bond donors (Lipinski definition) is 1. The number of carboxylic acid groups (broad SMARTS) is 1. The first-order valence-electron chi connectivity index (χ1n) is 7.16. The number of carboxylic acids is 1. The zero-order valence-electron chi connectivity index (χ0n) is 12.3. The highest BCUT2D eigenvalue weighted by molar-refractivity contribution is 5.90. The van der Waals surface area contributed by atoms with Gasteiger partial charge in [0.15, 0.2) is 0 Å². The Hall–Kier alpha value is -2.35. The molecular formula is C19H20O2. The van der Waals surface area contributed by atoms with Crippen LogP contribution < -0.4 is 0 Å². The van der Waals surface area contributed by atoms with E-state index in [1.54, 1.807) is 0 Å². The molecule has 2 nitrogen and oxygen atoms in total. The fourth-order valence-corrected chi connectivity index (χ4v) is 2.96. The lowest BCUT2D eigenvalue weighted by Gasteiger charge is -2.35. The van der Waals surface area contributed by atoms with Crippen LogP contribution in [0.25, 0.3) is 0 Å². The van der Waals surface area contributed by atoms with E-state index in [1.165, 1.54) is 0 Å². The van der Waals surface area contributed by atoms with Crippen LogP contribution in [0, 0.1) is 0 Å². The van der Waals surface area contributed by atoms with Crippen LogP contribution >= 0.6 is 0 Å². The largest absolute Gasteiger partial charge is 0.478 e. The number of aliphatic carboxylic acids is 1. The Bertz CT molecular complexity index is 575. The standard InChI is InChI=1S/C19H20O2/c1-3-14-19(15(2)18(20)21,16-10-6-4-7-11-16)17-12-8-5-9-13-17/h4-13H,2-3,14H2,1H3,(H,20,21). The van der Waals surface area contributed by atoms with Crippen LogP contribution in [0.5, 0.6) is 0 Å². The SMILES string of the molecule is C=C(C(=O)O)C(CCC)(c1ccccc1)c1ccccc1. The predicted octanol–water partition coefficient (Wildman–Crippen LogP) is 4.41. The van der Waals surface area contributed by atoms with E-state index in [2.05, 4.69) is 13.5 Å². The molecule has 2 rings (SSSR count). The Morgan fingerprint density at radius 2 is 1.43 bits per heavy atom. The van der Waals surface area contributed by atoms with E-state index < -0.39 is 11.4 Å². The number of rotatable bonds is 6. The molecule has 0 fully saturated rings. The third-order valence-corrected chi connectivity index (χ3v) is 3.93. The van der Waals surface area contributed by atoms with Gasteiger partial charge >= 0.3 is 5.97 Å². The van der Waals surface area contributed by atoms with Crippen LogP contribution in [0.15, 0.2) is 72.8 Å². The highest BCUT2D eigenvalue weighted by Gasteiger charge is 2.39. The van der Waals surface area contributed by atoms with Crippen molar-refractivity contribution in [3.63, 3.8) is 0 Å². The molecule has 108 valence electrons. The molecule has 0 heterocycles. The van der Waals surface area contributed by atoms with E-state index in [1.807, 2.05) is 60.7 Å². The molecule has 2 aromatic rings. The van der Waals surface area contributed by atoms with Gasteiger partial charge in [0.25, 0.3) is 0 Å². The summed E-state index contributed by atoms with van der Waals surface area (Å²) >= 11 is 0. The van der Waals surface area contributed by atoms with Gasteiger partial charge in [0.05, 0.1) is 5.41 Å². The normalized spacial score (nSPS) is 11.1. The molecule has 0 bridgehead atoms. The maximum Gasteiger partial charge on any atom is 0.332 e. The van der Waals surface area contributed by atoms with Crippen molar-refractivity contribution in [2.75, 3.05) is 0 Å². The molecule has 0 aliphatic carbocycles. The quantitative estimate of drug-likeness (QED) is 0.796. The molecule has 0 aromatic heterocycles. The molecule has 0 amide bonds. The molecule has 21 heavy (non-hydrogen) atoms. The smallest absolute Gasteiger partial charge is 0.332 e. The third-order valence-electron chi connectivity index (χ3n) is 3.93. The van der Waals surface area contributed by atoms with Gasteiger partial charge in [-0.1, -0.05) is 80.6 Å². The van der Waals surface area contributed by atoms with Crippen LogP contribution in [0.2, 0.25) is 0 Å². The van der Waals surface area contributed by atoms with Gasteiger partial charge in [0, 0.05) is 5.57 Å². The fraction of sp³-hybridized carbons (Fsp3) is 0.211. The summed E-state index contributed by atoms with van der Waals surface area (Å²) in [5.41, 5.74) is 1.50. The predicted molar refractivity (Wildman–Crippen MR) is 85.3 cm³/mol. The summed E-state index contributed by atoms with van der Waals surface area (Å²) in [7, 11) is 0.